The summed E-state index contributed by atoms with van der Waals surface area (Å²) in [6, 6.07) is 0.594. The second-order valence-corrected chi connectivity index (χ2v) is 6.07. The Labute approximate surface area is 99.2 Å². The molecule has 1 aromatic rings. The second kappa shape index (κ2) is 5.16. The predicted molar refractivity (Wildman–Crippen MR) is 68.0 cm³/mol. The minimum atomic E-state index is 0.428. The minimum Gasteiger partial charge on any atom is -0.357 e. The van der Waals surface area contributed by atoms with Crippen molar-refractivity contribution in [3.8, 4) is 0 Å². The Kier molecular flexibility index (Phi) is 3.86. The summed E-state index contributed by atoms with van der Waals surface area (Å²) in [4.78, 5) is 4.49. The molecule has 84 valence electrons. The van der Waals surface area contributed by atoms with Gasteiger partial charge in [0.15, 0.2) is 0 Å². The van der Waals surface area contributed by atoms with Gasteiger partial charge in [-0.25, -0.2) is 4.98 Å². The third-order valence-corrected chi connectivity index (χ3v) is 4.32. The van der Waals surface area contributed by atoms with Crippen LogP contribution in [0, 0.1) is 0 Å². The molecule has 0 radical (unpaired) electrons. The molecule has 3 nitrogen and oxygen atoms in total. The number of rotatable bonds is 3. The van der Waals surface area contributed by atoms with Crippen molar-refractivity contribution in [3.63, 3.8) is 0 Å². The number of hydrogen-bond acceptors (Lipinski definition) is 5. The molecule has 1 aliphatic rings. The van der Waals surface area contributed by atoms with Crippen LogP contribution in [0.25, 0.3) is 0 Å². The van der Waals surface area contributed by atoms with E-state index in [9.17, 15) is 0 Å². The van der Waals surface area contributed by atoms with Crippen LogP contribution in [0.15, 0.2) is 0 Å². The van der Waals surface area contributed by atoms with E-state index in [2.05, 4.69) is 28.5 Å². The highest BCUT2D eigenvalue weighted by molar-refractivity contribution is 7.99. The molecule has 1 atom stereocenters. The molecule has 2 rings (SSSR count). The zero-order valence-electron chi connectivity index (χ0n) is 9.19. The van der Waals surface area contributed by atoms with Crippen LogP contribution in [0.3, 0.4) is 0 Å². The molecule has 0 spiro atoms. The van der Waals surface area contributed by atoms with Crippen molar-refractivity contribution in [2.45, 2.75) is 38.6 Å². The van der Waals surface area contributed by atoms with Gasteiger partial charge in [0.25, 0.3) is 0 Å². The highest BCUT2D eigenvalue weighted by Crippen LogP contribution is 2.23. The van der Waals surface area contributed by atoms with E-state index in [4.69, 9.17) is 0 Å². The number of thioether (sulfide) groups is 1. The monoisotopic (exact) mass is 243 g/mol. The maximum absolute atomic E-state index is 4.49. The van der Waals surface area contributed by atoms with Gasteiger partial charge in [0.1, 0.15) is 5.82 Å². The van der Waals surface area contributed by atoms with Crippen LogP contribution in [-0.2, 0) is 0 Å². The molecule has 0 amide bonds. The second-order valence-electron chi connectivity index (χ2n) is 4.17. The first-order valence-corrected chi connectivity index (χ1v) is 7.36. The van der Waals surface area contributed by atoms with E-state index in [1.165, 1.54) is 35.9 Å². The summed E-state index contributed by atoms with van der Waals surface area (Å²) < 4.78 is 4.34. The van der Waals surface area contributed by atoms with Gasteiger partial charge in [-0.2, -0.15) is 16.1 Å². The third kappa shape index (κ3) is 3.08. The summed E-state index contributed by atoms with van der Waals surface area (Å²) in [7, 11) is 0. The van der Waals surface area contributed by atoms with Gasteiger partial charge in [-0.05, 0) is 18.6 Å². The molecule has 5 heteroatoms. The first kappa shape index (κ1) is 11.2. The van der Waals surface area contributed by atoms with Crippen LogP contribution in [0.2, 0.25) is 0 Å². The van der Waals surface area contributed by atoms with Crippen molar-refractivity contribution in [1.29, 1.82) is 0 Å². The van der Waals surface area contributed by atoms with Crippen LogP contribution in [0.4, 0.5) is 5.13 Å². The van der Waals surface area contributed by atoms with E-state index in [0.717, 1.165) is 11.0 Å². The quantitative estimate of drug-likeness (QED) is 0.885. The SMILES string of the molecule is CC(C)c1nsc(NC2CCCSC2)n1. The number of hydrogen-bond donors (Lipinski definition) is 1. The Morgan fingerprint density at radius 3 is 2.93 bits per heavy atom. The van der Waals surface area contributed by atoms with E-state index in [1.54, 1.807) is 0 Å². The molecule has 0 aromatic carbocycles. The first-order valence-electron chi connectivity index (χ1n) is 5.43. The van der Waals surface area contributed by atoms with Gasteiger partial charge in [0.2, 0.25) is 5.13 Å². The molecule has 1 saturated heterocycles. The molecule has 0 aliphatic carbocycles. The van der Waals surface area contributed by atoms with Crippen LogP contribution >= 0.6 is 23.3 Å². The fourth-order valence-corrected chi connectivity index (χ4v) is 3.41. The van der Waals surface area contributed by atoms with Crippen molar-refractivity contribution in [2.24, 2.45) is 0 Å². The van der Waals surface area contributed by atoms with Gasteiger partial charge in [0, 0.05) is 29.2 Å². The topological polar surface area (TPSA) is 37.8 Å². The Bertz CT molecular complexity index is 305. The highest BCUT2D eigenvalue weighted by atomic mass is 32.2. The van der Waals surface area contributed by atoms with Crippen LogP contribution in [0.5, 0.6) is 0 Å². The molecule has 15 heavy (non-hydrogen) atoms. The maximum atomic E-state index is 4.49. The fourth-order valence-electron chi connectivity index (χ4n) is 1.56. The van der Waals surface area contributed by atoms with Gasteiger partial charge in [-0.15, -0.1) is 0 Å². The highest BCUT2D eigenvalue weighted by Gasteiger charge is 2.15. The number of nitrogens with one attached hydrogen (secondary N) is 1. The molecular weight excluding hydrogens is 226 g/mol. The zero-order chi connectivity index (χ0) is 10.7. The van der Waals surface area contributed by atoms with Gasteiger partial charge >= 0.3 is 0 Å². The van der Waals surface area contributed by atoms with E-state index in [1.807, 2.05) is 11.8 Å². The Morgan fingerprint density at radius 1 is 1.47 bits per heavy atom. The van der Waals surface area contributed by atoms with Gasteiger partial charge in [0.05, 0.1) is 0 Å². The van der Waals surface area contributed by atoms with Crippen molar-refractivity contribution in [3.05, 3.63) is 5.82 Å². The van der Waals surface area contributed by atoms with Crippen LogP contribution in [0.1, 0.15) is 38.4 Å². The van der Waals surface area contributed by atoms with Crippen LogP contribution in [-0.4, -0.2) is 26.9 Å². The molecule has 1 N–H and O–H groups in total. The minimum absolute atomic E-state index is 0.428. The Balaban J connectivity index is 1.91. The number of aromatic nitrogens is 2. The predicted octanol–water partition coefficient (Wildman–Crippen LogP) is 2.97. The summed E-state index contributed by atoms with van der Waals surface area (Å²) in [6.45, 7) is 4.25. The lowest BCUT2D eigenvalue weighted by Gasteiger charge is -2.21. The third-order valence-electron chi connectivity index (χ3n) is 2.45. The van der Waals surface area contributed by atoms with E-state index in [-0.39, 0.29) is 0 Å². The average Bonchev–Trinajstić information content (AvgIpc) is 2.68. The lowest BCUT2D eigenvalue weighted by Crippen LogP contribution is -2.25. The Hall–Kier alpha value is -0.290. The molecule has 1 aromatic heterocycles. The molecule has 1 aliphatic heterocycles. The average molecular weight is 243 g/mol. The van der Waals surface area contributed by atoms with Gasteiger partial charge in [-0.3, -0.25) is 0 Å². The standard InChI is InChI=1S/C10H17N3S2/c1-7(2)9-12-10(15-13-9)11-8-4-3-5-14-6-8/h7-8H,3-6H2,1-2H3,(H,11,12,13). The van der Waals surface area contributed by atoms with Crippen molar-refractivity contribution >= 4 is 28.4 Å². The van der Waals surface area contributed by atoms with Crippen molar-refractivity contribution in [2.75, 3.05) is 16.8 Å². The van der Waals surface area contributed by atoms with Gasteiger partial charge in [-0.1, -0.05) is 13.8 Å². The summed E-state index contributed by atoms with van der Waals surface area (Å²) in [5.74, 6) is 3.91. The van der Waals surface area contributed by atoms with Crippen LogP contribution < -0.4 is 5.32 Å². The molecule has 0 bridgehead atoms. The Morgan fingerprint density at radius 2 is 2.33 bits per heavy atom. The molecule has 1 fully saturated rings. The molecule has 0 saturated carbocycles. The molecule has 1 unspecified atom stereocenters. The maximum Gasteiger partial charge on any atom is 0.202 e. The zero-order valence-corrected chi connectivity index (χ0v) is 10.8. The summed E-state index contributed by atoms with van der Waals surface area (Å²) in [6.07, 6.45) is 2.59. The van der Waals surface area contributed by atoms with Crippen molar-refractivity contribution < 1.29 is 0 Å². The first-order chi connectivity index (χ1) is 7.25. The van der Waals surface area contributed by atoms with E-state index >= 15 is 0 Å². The lowest BCUT2D eigenvalue weighted by molar-refractivity contribution is 0.683. The number of anilines is 1. The smallest absolute Gasteiger partial charge is 0.202 e. The van der Waals surface area contributed by atoms with E-state index in [0.29, 0.717) is 12.0 Å². The van der Waals surface area contributed by atoms with E-state index < -0.39 is 0 Å². The fraction of sp³-hybridized carbons (Fsp3) is 0.800. The normalized spacial score (nSPS) is 21.9. The summed E-state index contributed by atoms with van der Waals surface area (Å²) in [5, 5.41) is 4.47. The molecular formula is C10H17N3S2. The van der Waals surface area contributed by atoms with Crippen molar-refractivity contribution in [1.82, 2.24) is 9.36 Å². The lowest BCUT2D eigenvalue weighted by atomic mass is 10.2. The molecule has 2 heterocycles. The van der Waals surface area contributed by atoms with Gasteiger partial charge < -0.3 is 5.32 Å². The number of nitrogens with zero attached hydrogens (tertiary/aromatic N) is 2. The summed E-state index contributed by atoms with van der Waals surface area (Å²) >= 11 is 3.52. The largest absolute Gasteiger partial charge is 0.357 e. The summed E-state index contributed by atoms with van der Waals surface area (Å²) in [5.41, 5.74) is 0.